The Labute approximate surface area is 163 Å². The Morgan fingerprint density at radius 3 is 2.73 bits per heavy atom. The second kappa shape index (κ2) is 8.60. The van der Waals surface area contributed by atoms with Gasteiger partial charge in [-0.1, -0.05) is 0 Å². The molecule has 0 bridgehead atoms. The van der Waals surface area contributed by atoms with E-state index in [4.69, 9.17) is 9.94 Å². The van der Waals surface area contributed by atoms with E-state index in [1.54, 1.807) is 6.07 Å². The molecule has 2 aromatic rings. The molecule has 26 heavy (non-hydrogen) atoms. The fourth-order valence-corrected chi connectivity index (χ4v) is 2.85. The normalized spacial score (nSPS) is 11.9. The first-order valence-electron chi connectivity index (χ1n) is 7.73. The number of amides is 1. The number of halogens is 2. The lowest BCUT2D eigenvalue weighted by Gasteiger charge is -2.17. The molecule has 0 unspecified atom stereocenters. The van der Waals surface area contributed by atoms with Gasteiger partial charge in [-0.05, 0) is 66.3 Å². The van der Waals surface area contributed by atoms with Gasteiger partial charge in [-0.3, -0.25) is 19.0 Å². The zero-order valence-corrected chi connectivity index (χ0v) is 16.6. The predicted octanol–water partition coefficient (Wildman–Crippen LogP) is 2.22. The van der Waals surface area contributed by atoms with Crippen LogP contribution in [0.3, 0.4) is 0 Å². The number of carbonyl (C=O) groups is 1. The molecule has 1 aromatic heterocycles. The molecule has 9 heteroatoms. The maximum Gasteiger partial charge on any atom is 0.287 e. The minimum absolute atomic E-state index is 0.104. The lowest BCUT2D eigenvalue weighted by molar-refractivity contribution is -0.00687. The Kier molecular flexibility index (Phi) is 6.73. The van der Waals surface area contributed by atoms with Crippen LogP contribution in [0.2, 0.25) is 0 Å². The van der Waals surface area contributed by atoms with Crippen LogP contribution < -0.4 is 16.4 Å². The number of rotatable bonds is 6. The van der Waals surface area contributed by atoms with Crippen molar-refractivity contribution in [3.8, 4) is 0 Å². The number of aliphatic hydroxyl groups excluding tert-OH is 1. The van der Waals surface area contributed by atoms with E-state index in [-0.39, 0.29) is 18.0 Å². The molecule has 1 aromatic carbocycles. The van der Waals surface area contributed by atoms with Crippen molar-refractivity contribution in [3.05, 3.63) is 55.1 Å². The second-order valence-corrected chi connectivity index (χ2v) is 7.04. The lowest BCUT2D eigenvalue weighted by Crippen LogP contribution is -2.31. The molecule has 0 spiro atoms. The molecule has 1 amide bonds. The maximum atomic E-state index is 13.9. The lowest BCUT2D eigenvalue weighted by atomic mass is 10.2. The van der Waals surface area contributed by atoms with Crippen molar-refractivity contribution in [1.82, 2.24) is 10.0 Å². The highest BCUT2D eigenvalue weighted by molar-refractivity contribution is 14.1. The van der Waals surface area contributed by atoms with E-state index in [0.717, 1.165) is 19.8 Å². The van der Waals surface area contributed by atoms with Crippen LogP contribution in [-0.2, 0) is 11.9 Å². The van der Waals surface area contributed by atoms with Crippen molar-refractivity contribution < 1.29 is 19.1 Å². The summed E-state index contributed by atoms with van der Waals surface area (Å²) >= 11 is 2.17. The first-order chi connectivity index (χ1) is 12.2. The van der Waals surface area contributed by atoms with Crippen LogP contribution in [0.1, 0.15) is 22.8 Å². The molecule has 0 aliphatic heterocycles. The molecule has 1 atom stereocenters. The van der Waals surface area contributed by atoms with Gasteiger partial charge in [-0.2, -0.15) is 0 Å². The molecule has 0 aliphatic rings. The van der Waals surface area contributed by atoms with Gasteiger partial charge in [0.05, 0.1) is 11.7 Å². The molecule has 3 N–H and O–H groups in total. The largest absolute Gasteiger partial charge is 0.391 e. The van der Waals surface area contributed by atoms with E-state index in [2.05, 4.69) is 33.4 Å². The van der Waals surface area contributed by atoms with Gasteiger partial charge in [0.2, 0.25) is 0 Å². The number of pyridine rings is 1. The van der Waals surface area contributed by atoms with Gasteiger partial charge in [-0.15, -0.1) is 0 Å². The number of benzene rings is 1. The fraction of sp³-hybridized carbons (Fsp3) is 0.294. The summed E-state index contributed by atoms with van der Waals surface area (Å²) in [4.78, 5) is 29.2. The number of hydrogen-bond acceptors (Lipinski definition) is 5. The smallest absolute Gasteiger partial charge is 0.287 e. The number of aromatic nitrogens is 1. The molecule has 0 saturated carbocycles. The molecule has 0 aliphatic carbocycles. The topological polar surface area (TPSA) is 92.6 Å². The zero-order valence-electron chi connectivity index (χ0n) is 14.5. The number of carbonyl (C=O) groups excluding carboxylic acids is 1. The number of nitrogens with one attached hydrogen (secondary N) is 2. The minimum atomic E-state index is -1.06. The molecular formula is C17H19FIN3O4. The Morgan fingerprint density at radius 1 is 1.42 bits per heavy atom. The van der Waals surface area contributed by atoms with Gasteiger partial charge in [0, 0.05) is 16.3 Å². The summed E-state index contributed by atoms with van der Waals surface area (Å²) in [7, 11) is 1.36. The summed E-state index contributed by atoms with van der Waals surface area (Å²) in [6.07, 6.45) is -0.779. The van der Waals surface area contributed by atoms with Gasteiger partial charge in [0.1, 0.15) is 12.4 Å². The van der Waals surface area contributed by atoms with Crippen LogP contribution in [0.15, 0.2) is 29.1 Å². The summed E-state index contributed by atoms with van der Waals surface area (Å²) in [6.45, 7) is 3.24. The zero-order chi connectivity index (χ0) is 19.4. The molecule has 0 radical (unpaired) electrons. The summed E-state index contributed by atoms with van der Waals surface area (Å²) in [5, 5.41) is 12.2. The average Bonchev–Trinajstić information content (AvgIpc) is 2.56. The third-order valence-electron chi connectivity index (χ3n) is 3.55. The van der Waals surface area contributed by atoms with Crippen LogP contribution in [0.4, 0.5) is 15.9 Å². The number of nitrogens with zero attached hydrogens (tertiary/aromatic N) is 1. The molecular weight excluding hydrogens is 456 g/mol. The summed E-state index contributed by atoms with van der Waals surface area (Å²) in [5.41, 5.74) is 2.73. The van der Waals surface area contributed by atoms with Gasteiger partial charge in [0.15, 0.2) is 5.82 Å². The second-order valence-electron chi connectivity index (χ2n) is 5.79. The number of hydrogen-bond donors (Lipinski definition) is 3. The Morgan fingerprint density at radius 2 is 2.12 bits per heavy atom. The standard InChI is InChI=1S/C17H19FIN3O4/c1-9-6-11(19)4-5-14(9)20-15-12(7-13(18)17(25)22(15)3)16(24)21-26-8-10(2)23/h4-7,10,20,23H,8H2,1-3H3,(H,21,24)/t10-/m0/s1. The Balaban J connectivity index is 2.41. The average molecular weight is 475 g/mol. The highest BCUT2D eigenvalue weighted by Gasteiger charge is 2.19. The van der Waals surface area contributed by atoms with Crippen molar-refractivity contribution in [2.24, 2.45) is 7.05 Å². The van der Waals surface area contributed by atoms with Crippen LogP contribution in [0.5, 0.6) is 0 Å². The van der Waals surface area contributed by atoms with Gasteiger partial charge in [0.25, 0.3) is 11.5 Å². The van der Waals surface area contributed by atoms with Crippen molar-refractivity contribution in [3.63, 3.8) is 0 Å². The van der Waals surface area contributed by atoms with E-state index >= 15 is 0 Å². The number of aliphatic hydroxyl groups is 1. The Bertz CT molecular complexity index is 883. The number of hydroxylamine groups is 1. The van der Waals surface area contributed by atoms with Gasteiger partial charge < -0.3 is 10.4 Å². The van der Waals surface area contributed by atoms with Crippen molar-refractivity contribution in [2.45, 2.75) is 20.0 Å². The van der Waals surface area contributed by atoms with Gasteiger partial charge in [-0.25, -0.2) is 9.87 Å². The SMILES string of the molecule is Cc1cc(I)ccc1Nc1c(C(=O)NOC[C@H](C)O)cc(F)c(=O)n1C. The van der Waals surface area contributed by atoms with E-state index in [9.17, 15) is 14.0 Å². The number of aryl methyl sites for hydroxylation is 1. The molecule has 2 rings (SSSR count). The highest BCUT2D eigenvalue weighted by Crippen LogP contribution is 2.24. The van der Waals surface area contributed by atoms with E-state index in [1.165, 1.54) is 14.0 Å². The third kappa shape index (κ3) is 4.80. The summed E-state index contributed by atoms with van der Waals surface area (Å²) in [6, 6.07) is 6.45. The first kappa shape index (κ1) is 20.3. The molecule has 0 saturated heterocycles. The van der Waals surface area contributed by atoms with Crippen LogP contribution >= 0.6 is 22.6 Å². The van der Waals surface area contributed by atoms with Crippen molar-refractivity contribution >= 4 is 40.0 Å². The maximum absolute atomic E-state index is 13.9. The monoisotopic (exact) mass is 475 g/mol. The molecule has 0 fully saturated rings. The van der Waals surface area contributed by atoms with Crippen LogP contribution in [0.25, 0.3) is 0 Å². The third-order valence-corrected chi connectivity index (χ3v) is 4.22. The highest BCUT2D eigenvalue weighted by atomic mass is 127. The minimum Gasteiger partial charge on any atom is -0.391 e. The first-order valence-corrected chi connectivity index (χ1v) is 8.81. The number of anilines is 2. The molecule has 7 nitrogen and oxygen atoms in total. The Hall–Kier alpha value is -1.98. The van der Waals surface area contributed by atoms with Crippen molar-refractivity contribution in [2.75, 3.05) is 11.9 Å². The van der Waals surface area contributed by atoms with Crippen LogP contribution in [0, 0.1) is 16.3 Å². The summed E-state index contributed by atoms with van der Waals surface area (Å²) < 4.78 is 15.9. The van der Waals surface area contributed by atoms with E-state index in [0.29, 0.717) is 5.69 Å². The molecule has 1 heterocycles. The fourth-order valence-electron chi connectivity index (χ4n) is 2.20. The quantitative estimate of drug-likeness (QED) is 0.441. The van der Waals surface area contributed by atoms with E-state index in [1.807, 2.05) is 19.1 Å². The van der Waals surface area contributed by atoms with Crippen LogP contribution in [-0.4, -0.2) is 28.3 Å². The van der Waals surface area contributed by atoms with Crippen molar-refractivity contribution in [1.29, 1.82) is 0 Å². The predicted molar refractivity (Wildman–Crippen MR) is 104 cm³/mol. The van der Waals surface area contributed by atoms with E-state index < -0.39 is 23.4 Å². The molecule has 140 valence electrons. The summed E-state index contributed by atoms with van der Waals surface area (Å²) in [5.74, 6) is -1.68. The van der Waals surface area contributed by atoms with Gasteiger partial charge >= 0.3 is 0 Å².